The number of likely N-dealkylation sites (tertiary alicyclic amines) is 1. The first kappa shape index (κ1) is 18.0. The third-order valence-electron chi connectivity index (χ3n) is 5.83. The van der Waals surface area contributed by atoms with Gasteiger partial charge in [-0.3, -0.25) is 9.59 Å². The van der Waals surface area contributed by atoms with Gasteiger partial charge in [0.15, 0.2) is 0 Å². The molecule has 3 fully saturated rings. The van der Waals surface area contributed by atoms with Gasteiger partial charge in [-0.05, 0) is 19.3 Å². The number of aliphatic carboxylic acids is 1. The van der Waals surface area contributed by atoms with Crippen LogP contribution in [-0.4, -0.2) is 66.8 Å². The Kier molecular flexibility index (Phi) is 5.46. The molecule has 2 heterocycles. The predicted molar refractivity (Wildman–Crippen MR) is 89.0 cm³/mol. The summed E-state index contributed by atoms with van der Waals surface area (Å²) >= 11 is 0. The first-order chi connectivity index (χ1) is 12.0. The molecule has 8 nitrogen and oxygen atoms in total. The second kappa shape index (κ2) is 7.59. The van der Waals surface area contributed by atoms with E-state index in [0.29, 0.717) is 26.2 Å². The Balaban J connectivity index is 1.48. The molecule has 3 aliphatic rings. The maximum atomic E-state index is 12.4. The number of urea groups is 1. The number of carbonyl (C=O) groups is 3. The molecule has 0 aromatic carbocycles. The average molecular weight is 353 g/mol. The highest BCUT2D eigenvalue weighted by molar-refractivity contribution is 5.85. The van der Waals surface area contributed by atoms with Gasteiger partial charge in [0.2, 0.25) is 5.91 Å². The molecule has 0 bridgehead atoms. The number of carbonyl (C=O) groups excluding carboxylic acids is 2. The summed E-state index contributed by atoms with van der Waals surface area (Å²) in [6.45, 7) is 1.23. The summed E-state index contributed by atoms with van der Waals surface area (Å²) in [4.78, 5) is 37.6. The van der Waals surface area contributed by atoms with E-state index < -0.39 is 11.4 Å². The Morgan fingerprint density at radius 3 is 2.64 bits per heavy atom. The Labute approximate surface area is 147 Å². The molecule has 3 N–H and O–H groups in total. The Bertz CT molecular complexity index is 534. The molecule has 2 aliphatic heterocycles. The summed E-state index contributed by atoms with van der Waals surface area (Å²) in [5, 5.41) is 15.1. The highest BCUT2D eigenvalue weighted by Crippen LogP contribution is 2.42. The molecule has 0 radical (unpaired) electrons. The molecule has 3 rings (SSSR count). The number of ether oxygens (including phenoxy) is 1. The zero-order valence-electron chi connectivity index (χ0n) is 14.5. The van der Waals surface area contributed by atoms with Gasteiger partial charge in [0.05, 0.1) is 18.6 Å². The summed E-state index contributed by atoms with van der Waals surface area (Å²) in [7, 11) is 0. The fourth-order valence-corrected chi connectivity index (χ4v) is 4.24. The highest BCUT2D eigenvalue weighted by atomic mass is 16.5. The minimum absolute atomic E-state index is 0.109. The maximum absolute atomic E-state index is 12.4. The van der Waals surface area contributed by atoms with Crippen molar-refractivity contribution in [3.05, 3.63) is 0 Å². The third kappa shape index (κ3) is 3.89. The Morgan fingerprint density at radius 2 is 1.96 bits per heavy atom. The van der Waals surface area contributed by atoms with Gasteiger partial charge in [-0.15, -0.1) is 0 Å². The van der Waals surface area contributed by atoms with Crippen LogP contribution in [0, 0.1) is 11.3 Å². The van der Waals surface area contributed by atoms with Crippen LogP contribution in [0.5, 0.6) is 0 Å². The van der Waals surface area contributed by atoms with Crippen molar-refractivity contribution >= 4 is 17.9 Å². The van der Waals surface area contributed by atoms with E-state index in [4.69, 9.17) is 4.74 Å². The molecule has 0 aromatic heterocycles. The molecule has 2 atom stereocenters. The summed E-state index contributed by atoms with van der Waals surface area (Å²) in [5.41, 5.74) is -0.904. The van der Waals surface area contributed by atoms with Crippen LogP contribution in [0.2, 0.25) is 0 Å². The van der Waals surface area contributed by atoms with Crippen LogP contribution in [0.3, 0.4) is 0 Å². The third-order valence-corrected chi connectivity index (χ3v) is 5.83. The van der Waals surface area contributed by atoms with Gasteiger partial charge in [-0.1, -0.05) is 19.3 Å². The van der Waals surface area contributed by atoms with E-state index in [1.54, 1.807) is 4.90 Å². The standard InChI is InChI=1S/C17H27N3O5/c21-14(8-18-16(24)19-13-4-2-1-3-5-13)20-9-12-10-25-7-6-17(12,11-20)15(22)23/h12-13H,1-11H2,(H,22,23)(H2,18,19,24)/t12-,17+/m0/s1. The van der Waals surface area contributed by atoms with E-state index in [1.807, 2.05) is 0 Å². The van der Waals surface area contributed by atoms with E-state index in [9.17, 15) is 19.5 Å². The van der Waals surface area contributed by atoms with Crippen molar-refractivity contribution in [3.8, 4) is 0 Å². The SMILES string of the molecule is O=C(NCC(=O)N1C[C@H]2COCC[C@@]2(C(=O)O)C1)NC1CCCCC1. The zero-order valence-corrected chi connectivity index (χ0v) is 14.5. The van der Waals surface area contributed by atoms with Crippen molar-refractivity contribution in [2.24, 2.45) is 11.3 Å². The molecule has 140 valence electrons. The van der Waals surface area contributed by atoms with Gasteiger partial charge in [-0.2, -0.15) is 0 Å². The number of carboxylic acid groups (broad SMARTS) is 1. The van der Waals surface area contributed by atoms with E-state index in [1.165, 1.54) is 6.42 Å². The van der Waals surface area contributed by atoms with Gasteiger partial charge < -0.3 is 25.4 Å². The smallest absolute Gasteiger partial charge is 0.315 e. The number of hydrogen-bond acceptors (Lipinski definition) is 4. The van der Waals surface area contributed by atoms with Gasteiger partial charge in [0.1, 0.15) is 0 Å². The van der Waals surface area contributed by atoms with Crippen LogP contribution in [-0.2, 0) is 14.3 Å². The fraction of sp³-hybridized carbons (Fsp3) is 0.824. The maximum Gasteiger partial charge on any atom is 0.315 e. The van der Waals surface area contributed by atoms with Crippen LogP contribution in [0.4, 0.5) is 4.79 Å². The van der Waals surface area contributed by atoms with Crippen molar-refractivity contribution in [2.75, 3.05) is 32.8 Å². The van der Waals surface area contributed by atoms with E-state index in [2.05, 4.69) is 10.6 Å². The van der Waals surface area contributed by atoms with Gasteiger partial charge >= 0.3 is 12.0 Å². The second-order valence-electron chi connectivity index (χ2n) is 7.42. The van der Waals surface area contributed by atoms with E-state index in [0.717, 1.165) is 25.7 Å². The van der Waals surface area contributed by atoms with Gasteiger partial charge in [0, 0.05) is 31.7 Å². The molecule has 3 amide bonds. The fourth-order valence-electron chi connectivity index (χ4n) is 4.24. The summed E-state index contributed by atoms with van der Waals surface area (Å²) in [5.74, 6) is -1.29. The van der Waals surface area contributed by atoms with Crippen molar-refractivity contribution in [1.29, 1.82) is 0 Å². The lowest BCUT2D eigenvalue weighted by molar-refractivity contribution is -0.157. The summed E-state index contributed by atoms with van der Waals surface area (Å²) in [6, 6.07) is -0.140. The number of nitrogens with one attached hydrogen (secondary N) is 2. The first-order valence-electron chi connectivity index (χ1n) is 9.14. The van der Waals surface area contributed by atoms with Crippen LogP contribution < -0.4 is 10.6 Å². The molecule has 25 heavy (non-hydrogen) atoms. The molecule has 1 aliphatic carbocycles. The lowest BCUT2D eigenvalue weighted by atomic mass is 9.74. The second-order valence-corrected chi connectivity index (χ2v) is 7.42. The van der Waals surface area contributed by atoms with Crippen LogP contribution in [0.1, 0.15) is 38.5 Å². The molecule has 0 unspecified atom stereocenters. The number of amides is 3. The molecule has 1 saturated carbocycles. The van der Waals surface area contributed by atoms with E-state index in [-0.39, 0.29) is 37.0 Å². The lowest BCUT2D eigenvalue weighted by Crippen LogP contribution is -2.47. The molecular weight excluding hydrogens is 326 g/mol. The van der Waals surface area contributed by atoms with E-state index >= 15 is 0 Å². The highest BCUT2D eigenvalue weighted by Gasteiger charge is 2.54. The van der Waals surface area contributed by atoms with Crippen LogP contribution in [0.25, 0.3) is 0 Å². The van der Waals surface area contributed by atoms with Crippen molar-refractivity contribution in [1.82, 2.24) is 15.5 Å². The van der Waals surface area contributed by atoms with Crippen molar-refractivity contribution in [2.45, 2.75) is 44.6 Å². The van der Waals surface area contributed by atoms with Crippen LogP contribution in [0.15, 0.2) is 0 Å². The molecule has 2 saturated heterocycles. The topological polar surface area (TPSA) is 108 Å². The number of rotatable bonds is 4. The lowest BCUT2D eigenvalue weighted by Gasteiger charge is -2.33. The first-order valence-corrected chi connectivity index (χ1v) is 9.14. The monoisotopic (exact) mass is 353 g/mol. The number of hydrogen-bond donors (Lipinski definition) is 3. The Hall–Kier alpha value is -1.83. The number of fused-ring (bicyclic) bond motifs is 1. The predicted octanol–water partition coefficient (Wildman–Crippen LogP) is 0.568. The minimum atomic E-state index is -0.904. The molecule has 8 heteroatoms. The quantitative estimate of drug-likeness (QED) is 0.685. The van der Waals surface area contributed by atoms with Crippen LogP contribution >= 0.6 is 0 Å². The zero-order chi connectivity index (χ0) is 17.9. The number of carboxylic acids is 1. The number of nitrogens with zero attached hydrogens (tertiary/aromatic N) is 1. The van der Waals surface area contributed by atoms with Gasteiger partial charge in [0.25, 0.3) is 0 Å². The molecular formula is C17H27N3O5. The van der Waals surface area contributed by atoms with Crippen molar-refractivity contribution < 1.29 is 24.2 Å². The molecule has 0 spiro atoms. The largest absolute Gasteiger partial charge is 0.481 e. The summed E-state index contributed by atoms with van der Waals surface area (Å²) in [6.07, 6.45) is 5.85. The summed E-state index contributed by atoms with van der Waals surface area (Å²) < 4.78 is 5.39. The van der Waals surface area contributed by atoms with Crippen molar-refractivity contribution in [3.63, 3.8) is 0 Å². The Morgan fingerprint density at radius 1 is 1.20 bits per heavy atom. The minimum Gasteiger partial charge on any atom is -0.481 e. The molecule has 0 aromatic rings. The average Bonchev–Trinajstić information content (AvgIpc) is 3.02. The van der Waals surface area contributed by atoms with Gasteiger partial charge in [-0.25, -0.2) is 4.79 Å². The normalized spacial score (nSPS) is 29.8.